The van der Waals surface area contributed by atoms with Crippen LogP contribution in [-0.2, 0) is 10.0 Å². The Morgan fingerprint density at radius 1 is 1.35 bits per heavy atom. The van der Waals surface area contributed by atoms with Gasteiger partial charge >= 0.3 is 0 Å². The monoisotopic (exact) mass is 341 g/mol. The van der Waals surface area contributed by atoms with Crippen molar-refractivity contribution >= 4 is 34.8 Å². The van der Waals surface area contributed by atoms with Crippen molar-refractivity contribution in [2.24, 2.45) is 5.92 Å². The summed E-state index contributed by atoms with van der Waals surface area (Å²) >= 11 is 0. The van der Waals surface area contributed by atoms with Crippen LogP contribution >= 0.6 is 24.8 Å². The first kappa shape index (κ1) is 19.6. The quantitative estimate of drug-likeness (QED) is 0.891. The van der Waals surface area contributed by atoms with Crippen LogP contribution in [0.15, 0.2) is 24.5 Å². The molecule has 1 aromatic rings. The Hall–Kier alpha value is -0.400. The number of rotatable bonds is 4. The zero-order valence-corrected chi connectivity index (χ0v) is 14.0. The van der Waals surface area contributed by atoms with Crippen LogP contribution in [-0.4, -0.2) is 50.6 Å². The lowest BCUT2D eigenvalue weighted by molar-refractivity contribution is 0.492. The minimum Gasteiger partial charge on any atom is -0.316 e. The van der Waals surface area contributed by atoms with Gasteiger partial charge in [-0.1, -0.05) is 6.07 Å². The second-order valence-corrected chi connectivity index (χ2v) is 7.10. The van der Waals surface area contributed by atoms with E-state index < -0.39 is 10.0 Å². The lowest BCUT2D eigenvalue weighted by Crippen LogP contribution is -2.31. The van der Waals surface area contributed by atoms with Crippen molar-refractivity contribution in [1.82, 2.24) is 14.6 Å². The number of pyridine rings is 1. The van der Waals surface area contributed by atoms with Crippen molar-refractivity contribution in [2.75, 3.05) is 32.9 Å². The van der Waals surface area contributed by atoms with Crippen LogP contribution in [0, 0.1) is 5.92 Å². The van der Waals surface area contributed by atoms with E-state index in [-0.39, 0.29) is 42.4 Å². The molecule has 0 spiro atoms. The van der Waals surface area contributed by atoms with Gasteiger partial charge in [0.15, 0.2) is 0 Å². The highest BCUT2D eigenvalue weighted by Crippen LogP contribution is 2.28. The number of nitrogens with zero attached hydrogens (tertiary/aromatic N) is 2. The number of nitrogens with one attached hydrogen (secondary N) is 1. The summed E-state index contributed by atoms with van der Waals surface area (Å²) in [6.07, 6.45) is 3.56. The average Bonchev–Trinajstić information content (AvgIpc) is 2.77. The fourth-order valence-electron chi connectivity index (χ4n) is 2.31. The molecular weight excluding hydrogens is 321 g/mol. The molecule has 116 valence electrons. The second-order valence-electron chi connectivity index (χ2n) is 4.87. The number of sulfonamides is 1. The van der Waals surface area contributed by atoms with Crippen LogP contribution < -0.4 is 5.32 Å². The first-order valence-corrected chi connectivity index (χ1v) is 7.62. The van der Waals surface area contributed by atoms with Crippen LogP contribution in [0.25, 0.3) is 0 Å². The van der Waals surface area contributed by atoms with Gasteiger partial charge in [0.1, 0.15) is 0 Å². The summed E-state index contributed by atoms with van der Waals surface area (Å²) in [4.78, 5) is 4.11. The molecule has 5 nitrogen and oxygen atoms in total. The van der Waals surface area contributed by atoms with Gasteiger partial charge in [0.2, 0.25) is 10.0 Å². The predicted molar refractivity (Wildman–Crippen MR) is 85.3 cm³/mol. The smallest absolute Gasteiger partial charge is 0.213 e. The summed E-state index contributed by atoms with van der Waals surface area (Å²) in [7, 11) is 0.0107. The normalized spacial score (nSPS) is 22.1. The van der Waals surface area contributed by atoms with Crippen LogP contribution in [0.1, 0.15) is 11.5 Å². The highest BCUT2D eigenvalue weighted by molar-refractivity contribution is 7.89. The highest BCUT2D eigenvalue weighted by Gasteiger charge is 2.33. The van der Waals surface area contributed by atoms with Gasteiger partial charge in [0.05, 0.1) is 5.75 Å². The van der Waals surface area contributed by atoms with Gasteiger partial charge in [-0.3, -0.25) is 4.98 Å². The van der Waals surface area contributed by atoms with Crippen LogP contribution in [0.3, 0.4) is 0 Å². The van der Waals surface area contributed by atoms with Gasteiger partial charge < -0.3 is 5.32 Å². The topological polar surface area (TPSA) is 62.3 Å². The van der Waals surface area contributed by atoms with E-state index in [1.54, 1.807) is 20.3 Å². The minimum absolute atomic E-state index is 0. The molecular formula is C12H21Cl2N3O2S. The average molecular weight is 342 g/mol. The van der Waals surface area contributed by atoms with E-state index in [0.717, 1.165) is 18.7 Å². The van der Waals surface area contributed by atoms with E-state index in [4.69, 9.17) is 0 Å². The Morgan fingerprint density at radius 3 is 2.60 bits per heavy atom. The maximum Gasteiger partial charge on any atom is 0.213 e. The second kappa shape index (κ2) is 8.14. The summed E-state index contributed by atoms with van der Waals surface area (Å²) in [5.74, 6) is 0.530. The van der Waals surface area contributed by atoms with Crippen molar-refractivity contribution in [1.29, 1.82) is 0 Å². The molecule has 0 bridgehead atoms. The van der Waals surface area contributed by atoms with Gasteiger partial charge in [-0.25, -0.2) is 12.7 Å². The number of hydrogen-bond acceptors (Lipinski definition) is 4. The van der Waals surface area contributed by atoms with E-state index in [1.165, 1.54) is 4.31 Å². The third-order valence-electron chi connectivity index (χ3n) is 3.43. The zero-order chi connectivity index (χ0) is 13.2. The predicted octanol–water partition coefficient (Wildman–Crippen LogP) is 1.12. The zero-order valence-electron chi connectivity index (χ0n) is 11.5. The number of halogens is 2. The molecule has 8 heteroatoms. The van der Waals surface area contributed by atoms with Crippen LogP contribution in [0.2, 0.25) is 0 Å². The number of hydrogen-bond donors (Lipinski definition) is 1. The fraction of sp³-hybridized carbons (Fsp3) is 0.583. The summed E-state index contributed by atoms with van der Waals surface area (Å²) in [5.41, 5.74) is 1.11. The molecule has 1 aliphatic heterocycles. The molecule has 1 aromatic heterocycles. The molecule has 0 aliphatic carbocycles. The summed E-state index contributed by atoms with van der Waals surface area (Å²) < 4.78 is 25.2. The summed E-state index contributed by atoms with van der Waals surface area (Å²) in [5, 5.41) is 3.27. The van der Waals surface area contributed by atoms with E-state index in [9.17, 15) is 8.42 Å². The fourth-order valence-corrected chi connectivity index (χ4v) is 3.50. The van der Waals surface area contributed by atoms with Crippen molar-refractivity contribution in [3.05, 3.63) is 30.1 Å². The molecule has 1 aliphatic rings. The van der Waals surface area contributed by atoms with E-state index >= 15 is 0 Å². The molecule has 20 heavy (non-hydrogen) atoms. The first-order chi connectivity index (χ1) is 8.50. The maximum atomic E-state index is 11.9. The molecule has 1 saturated heterocycles. The largest absolute Gasteiger partial charge is 0.316 e. The molecule has 2 rings (SSSR count). The van der Waals surface area contributed by atoms with E-state index in [1.807, 2.05) is 18.3 Å². The van der Waals surface area contributed by atoms with Crippen molar-refractivity contribution in [2.45, 2.75) is 5.92 Å². The Labute approximate surface area is 133 Å². The third-order valence-corrected chi connectivity index (χ3v) is 5.40. The van der Waals surface area contributed by atoms with Crippen LogP contribution in [0.4, 0.5) is 0 Å². The molecule has 2 atom stereocenters. The first-order valence-electron chi connectivity index (χ1n) is 6.01. The Balaban J connectivity index is 0.00000180. The molecule has 0 aromatic carbocycles. The molecule has 1 N–H and O–H groups in total. The molecule has 0 amide bonds. The maximum absolute atomic E-state index is 11.9. The van der Waals surface area contributed by atoms with Gasteiger partial charge in [0, 0.05) is 39.0 Å². The lowest BCUT2D eigenvalue weighted by atomic mass is 9.91. The van der Waals surface area contributed by atoms with Gasteiger partial charge in [0.25, 0.3) is 0 Å². The van der Waals surface area contributed by atoms with Crippen molar-refractivity contribution in [3.63, 3.8) is 0 Å². The Kier molecular flexibility index (Phi) is 7.98. The Morgan fingerprint density at radius 2 is 2.05 bits per heavy atom. The molecule has 2 unspecified atom stereocenters. The highest BCUT2D eigenvalue weighted by atomic mass is 35.5. The summed E-state index contributed by atoms with van der Waals surface area (Å²) in [6, 6.07) is 3.91. The molecule has 1 fully saturated rings. The van der Waals surface area contributed by atoms with Crippen molar-refractivity contribution in [3.8, 4) is 0 Å². The molecule has 0 radical (unpaired) electrons. The van der Waals surface area contributed by atoms with Gasteiger partial charge in [-0.2, -0.15) is 0 Å². The third kappa shape index (κ3) is 4.56. The Bertz CT molecular complexity index is 497. The van der Waals surface area contributed by atoms with Gasteiger partial charge in [-0.15, -0.1) is 24.8 Å². The van der Waals surface area contributed by atoms with Crippen molar-refractivity contribution < 1.29 is 8.42 Å². The van der Waals surface area contributed by atoms with Gasteiger partial charge in [-0.05, 0) is 24.1 Å². The number of aromatic nitrogens is 1. The van der Waals surface area contributed by atoms with E-state index in [0.29, 0.717) is 0 Å². The SMILES string of the molecule is CN(C)S(=O)(=O)CC1CNCC1c1cccnc1.Cl.Cl. The van der Waals surface area contributed by atoms with E-state index in [2.05, 4.69) is 10.3 Å². The summed E-state index contributed by atoms with van der Waals surface area (Å²) in [6.45, 7) is 1.56. The minimum atomic E-state index is -3.15. The lowest BCUT2D eigenvalue weighted by Gasteiger charge is -2.20. The van der Waals surface area contributed by atoms with Crippen LogP contribution in [0.5, 0.6) is 0 Å². The molecule has 0 saturated carbocycles. The standard InChI is InChI=1S/C12H19N3O2S.2ClH/c1-15(2)18(16,17)9-11-7-14-8-12(11)10-4-3-5-13-6-10;;/h3-6,11-12,14H,7-9H2,1-2H3;2*1H. The molecule has 2 heterocycles.